The maximum absolute atomic E-state index is 12.2. The minimum absolute atomic E-state index is 0.0323. The van der Waals surface area contributed by atoms with Crippen LogP contribution in [0.15, 0.2) is 47.4 Å². The second-order valence-corrected chi connectivity index (χ2v) is 7.90. The summed E-state index contributed by atoms with van der Waals surface area (Å²) in [6.07, 6.45) is 0. The molecule has 0 heterocycles. The molecule has 2 aromatic rings. The summed E-state index contributed by atoms with van der Waals surface area (Å²) in [5, 5.41) is 2.98. The SMILES string of the molecule is Cc1ccccc1NC(=O)CSc1cc(C(C)(C)C)ccc1C. The van der Waals surface area contributed by atoms with Gasteiger partial charge in [-0.25, -0.2) is 0 Å². The van der Waals surface area contributed by atoms with Gasteiger partial charge in [0.15, 0.2) is 0 Å². The number of thioether (sulfide) groups is 1. The molecule has 3 heteroatoms. The van der Waals surface area contributed by atoms with Crippen LogP contribution in [-0.2, 0) is 10.2 Å². The number of benzene rings is 2. The van der Waals surface area contributed by atoms with Gasteiger partial charge in [0.2, 0.25) is 5.91 Å². The Kier molecular flexibility index (Phi) is 5.53. The van der Waals surface area contributed by atoms with E-state index in [0.717, 1.165) is 11.3 Å². The monoisotopic (exact) mass is 327 g/mol. The number of carbonyl (C=O) groups excluding carboxylic acids is 1. The molecule has 0 saturated heterocycles. The maximum atomic E-state index is 12.2. The van der Waals surface area contributed by atoms with Crippen molar-refractivity contribution in [3.63, 3.8) is 0 Å². The average Bonchev–Trinajstić information content (AvgIpc) is 2.47. The first-order chi connectivity index (χ1) is 10.8. The summed E-state index contributed by atoms with van der Waals surface area (Å²) in [7, 11) is 0. The highest BCUT2D eigenvalue weighted by Gasteiger charge is 2.15. The third-order valence-electron chi connectivity index (χ3n) is 3.83. The van der Waals surface area contributed by atoms with Gasteiger partial charge in [0.05, 0.1) is 5.75 Å². The van der Waals surface area contributed by atoms with Crippen LogP contribution in [0.4, 0.5) is 5.69 Å². The molecular weight excluding hydrogens is 302 g/mol. The molecule has 0 aromatic heterocycles. The van der Waals surface area contributed by atoms with Gasteiger partial charge in [-0.05, 0) is 48.1 Å². The van der Waals surface area contributed by atoms with Gasteiger partial charge < -0.3 is 5.32 Å². The van der Waals surface area contributed by atoms with Gasteiger partial charge in [-0.15, -0.1) is 11.8 Å². The lowest BCUT2D eigenvalue weighted by atomic mass is 9.87. The van der Waals surface area contributed by atoms with Crippen LogP contribution in [0.1, 0.15) is 37.5 Å². The summed E-state index contributed by atoms with van der Waals surface area (Å²) in [6.45, 7) is 10.7. The second-order valence-electron chi connectivity index (χ2n) is 6.88. The summed E-state index contributed by atoms with van der Waals surface area (Å²) in [5.74, 6) is 0.452. The van der Waals surface area contributed by atoms with E-state index in [0.29, 0.717) is 5.75 Å². The molecule has 0 aliphatic heterocycles. The molecule has 122 valence electrons. The number of amides is 1. The van der Waals surface area contributed by atoms with Crippen LogP contribution in [-0.4, -0.2) is 11.7 Å². The number of rotatable bonds is 4. The fourth-order valence-electron chi connectivity index (χ4n) is 2.26. The van der Waals surface area contributed by atoms with E-state index in [1.54, 1.807) is 11.8 Å². The lowest BCUT2D eigenvalue weighted by molar-refractivity contribution is -0.113. The van der Waals surface area contributed by atoms with Crippen LogP contribution < -0.4 is 5.32 Å². The van der Waals surface area contributed by atoms with Crippen molar-refractivity contribution in [1.29, 1.82) is 0 Å². The van der Waals surface area contributed by atoms with E-state index in [1.165, 1.54) is 16.0 Å². The number of anilines is 1. The molecule has 23 heavy (non-hydrogen) atoms. The van der Waals surface area contributed by atoms with E-state index in [9.17, 15) is 4.79 Å². The van der Waals surface area contributed by atoms with Crippen molar-refractivity contribution in [3.8, 4) is 0 Å². The predicted molar refractivity (Wildman–Crippen MR) is 100 cm³/mol. The van der Waals surface area contributed by atoms with Crippen molar-refractivity contribution < 1.29 is 4.79 Å². The number of aryl methyl sites for hydroxylation is 2. The lowest BCUT2D eigenvalue weighted by Gasteiger charge is -2.20. The van der Waals surface area contributed by atoms with Crippen LogP contribution in [0.3, 0.4) is 0 Å². The first kappa shape index (κ1) is 17.6. The zero-order valence-electron chi connectivity index (χ0n) is 14.6. The molecular formula is C20H25NOS. The van der Waals surface area contributed by atoms with E-state index in [-0.39, 0.29) is 11.3 Å². The van der Waals surface area contributed by atoms with Gasteiger partial charge in [0, 0.05) is 10.6 Å². The van der Waals surface area contributed by atoms with Crippen LogP contribution in [0.2, 0.25) is 0 Å². The summed E-state index contributed by atoms with van der Waals surface area (Å²) in [4.78, 5) is 13.4. The van der Waals surface area contributed by atoms with E-state index in [4.69, 9.17) is 0 Å². The van der Waals surface area contributed by atoms with Gasteiger partial charge in [-0.3, -0.25) is 4.79 Å². The highest BCUT2D eigenvalue weighted by molar-refractivity contribution is 8.00. The number of nitrogens with one attached hydrogen (secondary N) is 1. The molecule has 0 unspecified atom stereocenters. The van der Waals surface area contributed by atoms with Crippen LogP contribution >= 0.6 is 11.8 Å². The third kappa shape index (κ3) is 4.87. The Morgan fingerprint density at radius 1 is 1.04 bits per heavy atom. The number of carbonyl (C=O) groups is 1. The van der Waals surface area contributed by atoms with Crippen molar-refractivity contribution in [2.75, 3.05) is 11.1 Å². The summed E-state index contributed by atoms with van der Waals surface area (Å²) < 4.78 is 0. The molecule has 0 radical (unpaired) electrons. The Bertz CT molecular complexity index is 701. The Hall–Kier alpha value is -1.74. The standard InChI is InChI=1S/C20H25NOS/c1-14-8-6-7-9-17(14)21-19(22)13-23-18-12-16(20(3,4)5)11-10-15(18)2/h6-12H,13H2,1-5H3,(H,21,22). The van der Waals surface area contributed by atoms with Crippen molar-refractivity contribution in [3.05, 3.63) is 59.2 Å². The summed E-state index contributed by atoms with van der Waals surface area (Å²) in [5.41, 5.74) is 4.60. The van der Waals surface area contributed by atoms with E-state index in [1.807, 2.05) is 31.2 Å². The minimum Gasteiger partial charge on any atom is -0.325 e. The van der Waals surface area contributed by atoms with Crippen molar-refractivity contribution in [2.24, 2.45) is 0 Å². The first-order valence-electron chi connectivity index (χ1n) is 7.87. The molecule has 0 aliphatic rings. The highest BCUT2D eigenvalue weighted by atomic mass is 32.2. The number of hydrogen-bond donors (Lipinski definition) is 1. The summed E-state index contributed by atoms with van der Waals surface area (Å²) >= 11 is 1.60. The second kappa shape index (κ2) is 7.22. The quantitative estimate of drug-likeness (QED) is 0.769. The normalized spacial score (nSPS) is 11.3. The molecule has 0 saturated carbocycles. The molecule has 0 bridgehead atoms. The molecule has 0 spiro atoms. The Morgan fingerprint density at radius 3 is 2.39 bits per heavy atom. The van der Waals surface area contributed by atoms with Gasteiger partial charge in [-0.2, -0.15) is 0 Å². The predicted octanol–water partition coefficient (Wildman–Crippen LogP) is 5.33. The van der Waals surface area contributed by atoms with Gasteiger partial charge in [0.1, 0.15) is 0 Å². The molecule has 0 fully saturated rings. The van der Waals surface area contributed by atoms with Crippen LogP contribution in [0.5, 0.6) is 0 Å². The first-order valence-corrected chi connectivity index (χ1v) is 8.85. The maximum Gasteiger partial charge on any atom is 0.234 e. The van der Waals surface area contributed by atoms with Gasteiger partial charge in [0.25, 0.3) is 0 Å². The fourth-order valence-corrected chi connectivity index (χ4v) is 3.13. The van der Waals surface area contributed by atoms with E-state index < -0.39 is 0 Å². The van der Waals surface area contributed by atoms with E-state index in [2.05, 4.69) is 51.2 Å². The van der Waals surface area contributed by atoms with Gasteiger partial charge in [-0.1, -0.05) is 51.1 Å². The topological polar surface area (TPSA) is 29.1 Å². The zero-order chi connectivity index (χ0) is 17.0. The van der Waals surface area contributed by atoms with Gasteiger partial charge >= 0.3 is 0 Å². The third-order valence-corrected chi connectivity index (χ3v) is 4.99. The summed E-state index contributed by atoms with van der Waals surface area (Å²) in [6, 6.07) is 14.4. The zero-order valence-corrected chi connectivity index (χ0v) is 15.4. The van der Waals surface area contributed by atoms with Crippen molar-refractivity contribution in [1.82, 2.24) is 0 Å². The molecule has 2 nitrogen and oxygen atoms in total. The lowest BCUT2D eigenvalue weighted by Crippen LogP contribution is -2.15. The molecule has 2 aromatic carbocycles. The highest BCUT2D eigenvalue weighted by Crippen LogP contribution is 2.29. The molecule has 1 N–H and O–H groups in total. The average molecular weight is 327 g/mol. The minimum atomic E-state index is 0.0323. The largest absolute Gasteiger partial charge is 0.325 e. The Labute approximate surface area is 143 Å². The van der Waals surface area contributed by atoms with E-state index >= 15 is 0 Å². The smallest absolute Gasteiger partial charge is 0.234 e. The molecule has 0 aliphatic carbocycles. The van der Waals surface area contributed by atoms with Crippen molar-refractivity contribution >= 4 is 23.4 Å². The fraction of sp³-hybridized carbons (Fsp3) is 0.350. The molecule has 2 rings (SSSR count). The van der Waals surface area contributed by atoms with Crippen molar-refractivity contribution in [2.45, 2.75) is 44.9 Å². The van der Waals surface area contributed by atoms with Crippen LogP contribution in [0.25, 0.3) is 0 Å². The Balaban J connectivity index is 2.03. The number of para-hydroxylation sites is 1. The molecule has 0 atom stereocenters. The molecule has 1 amide bonds. The Morgan fingerprint density at radius 2 is 1.74 bits per heavy atom. The number of hydrogen-bond acceptors (Lipinski definition) is 2. The van der Waals surface area contributed by atoms with Crippen LogP contribution in [0, 0.1) is 13.8 Å².